The Balaban J connectivity index is 1.39. The third kappa shape index (κ3) is 5.97. The number of esters is 1. The van der Waals surface area contributed by atoms with E-state index in [9.17, 15) is 4.79 Å². The second-order valence-corrected chi connectivity index (χ2v) is 4.53. The summed E-state index contributed by atoms with van der Waals surface area (Å²) in [4.78, 5) is 11.3. The second kappa shape index (κ2) is 6.70. The van der Waals surface area contributed by atoms with Crippen molar-refractivity contribution in [3.05, 3.63) is 0 Å². The van der Waals surface area contributed by atoms with E-state index in [1.165, 1.54) is 0 Å². The first kappa shape index (κ1) is 13.3. The number of hydrogen-bond acceptors (Lipinski definition) is 6. The molecule has 2 aliphatic rings. The molecule has 2 atom stereocenters. The zero-order valence-electron chi connectivity index (χ0n) is 10.4. The van der Waals surface area contributed by atoms with Crippen molar-refractivity contribution in [3.63, 3.8) is 0 Å². The van der Waals surface area contributed by atoms with Gasteiger partial charge in [-0.2, -0.15) is 0 Å². The van der Waals surface area contributed by atoms with Crippen molar-refractivity contribution in [3.8, 4) is 0 Å². The molecule has 102 valence electrons. The zero-order chi connectivity index (χ0) is 12.8. The summed E-state index contributed by atoms with van der Waals surface area (Å²) in [5.74, 6) is 0.0783. The normalized spacial score (nSPS) is 24.4. The van der Waals surface area contributed by atoms with Crippen LogP contribution in [0.1, 0.15) is 25.7 Å². The molecule has 1 N–H and O–H groups in total. The SMILES string of the molecule is N=C(CCCCC(=O)OCC1CO1)OCC1CO1. The minimum Gasteiger partial charge on any atom is -0.478 e. The monoisotopic (exact) mass is 257 g/mol. The summed E-state index contributed by atoms with van der Waals surface area (Å²) in [6.07, 6.45) is 2.75. The summed E-state index contributed by atoms with van der Waals surface area (Å²) in [6, 6.07) is 0. The highest BCUT2D eigenvalue weighted by molar-refractivity contribution is 5.72. The number of unbranched alkanes of at least 4 members (excludes halogenated alkanes) is 1. The van der Waals surface area contributed by atoms with E-state index in [1.54, 1.807) is 0 Å². The molecule has 2 fully saturated rings. The summed E-state index contributed by atoms with van der Waals surface area (Å²) < 4.78 is 20.1. The molecule has 0 aromatic rings. The van der Waals surface area contributed by atoms with Crippen LogP contribution in [-0.4, -0.2) is 50.5 Å². The minimum absolute atomic E-state index is 0.125. The molecule has 2 rings (SSSR count). The molecule has 2 aliphatic heterocycles. The van der Waals surface area contributed by atoms with Crippen molar-refractivity contribution in [2.24, 2.45) is 0 Å². The van der Waals surface area contributed by atoms with Crippen LogP contribution in [0.5, 0.6) is 0 Å². The van der Waals surface area contributed by atoms with E-state index in [4.69, 9.17) is 24.4 Å². The van der Waals surface area contributed by atoms with E-state index in [1.807, 2.05) is 0 Å². The first-order valence-electron chi connectivity index (χ1n) is 6.33. The average Bonchev–Trinajstić information content (AvgIpc) is 3.23. The predicted molar refractivity (Wildman–Crippen MR) is 62.6 cm³/mol. The highest BCUT2D eigenvalue weighted by Gasteiger charge is 2.24. The molecule has 6 nitrogen and oxygen atoms in total. The molecule has 18 heavy (non-hydrogen) atoms. The van der Waals surface area contributed by atoms with Crippen molar-refractivity contribution >= 4 is 11.9 Å². The van der Waals surface area contributed by atoms with Crippen molar-refractivity contribution in [1.82, 2.24) is 0 Å². The molecule has 0 bridgehead atoms. The molecule has 0 spiro atoms. The van der Waals surface area contributed by atoms with Crippen molar-refractivity contribution < 1.29 is 23.7 Å². The first-order valence-corrected chi connectivity index (χ1v) is 6.33. The Bertz CT molecular complexity index is 269. The number of hydrogen-bond donors (Lipinski definition) is 1. The number of ether oxygens (including phenoxy) is 4. The molecule has 2 heterocycles. The average molecular weight is 257 g/mol. The third-order valence-corrected chi connectivity index (χ3v) is 2.71. The van der Waals surface area contributed by atoms with Crippen molar-refractivity contribution in [1.29, 1.82) is 5.41 Å². The Morgan fingerprint density at radius 1 is 1.06 bits per heavy atom. The van der Waals surface area contributed by atoms with Crippen LogP contribution < -0.4 is 0 Å². The fourth-order valence-electron chi connectivity index (χ4n) is 1.41. The second-order valence-electron chi connectivity index (χ2n) is 4.53. The summed E-state index contributed by atoms with van der Waals surface area (Å²) in [5.41, 5.74) is 0. The first-order chi connectivity index (χ1) is 8.74. The van der Waals surface area contributed by atoms with E-state index >= 15 is 0 Å². The molecule has 0 amide bonds. The molecular formula is C12H19NO5. The lowest BCUT2D eigenvalue weighted by atomic mass is 10.2. The van der Waals surface area contributed by atoms with Gasteiger partial charge in [0.1, 0.15) is 25.4 Å². The van der Waals surface area contributed by atoms with Gasteiger partial charge >= 0.3 is 5.97 Å². The molecule has 2 saturated heterocycles. The maximum absolute atomic E-state index is 11.3. The molecule has 0 aromatic carbocycles. The van der Waals surface area contributed by atoms with Crippen molar-refractivity contribution in [2.75, 3.05) is 26.4 Å². The maximum Gasteiger partial charge on any atom is 0.305 e. The molecule has 2 unspecified atom stereocenters. The standard InChI is InChI=1S/C12H19NO5/c13-11(17-7-9-5-15-9)3-1-2-4-12(14)18-8-10-6-16-10/h9-10,13H,1-8H2. The molecular weight excluding hydrogens is 238 g/mol. The number of carbonyl (C=O) groups is 1. The fraction of sp³-hybridized carbons (Fsp3) is 0.833. The van der Waals surface area contributed by atoms with Gasteiger partial charge in [-0.3, -0.25) is 10.2 Å². The van der Waals surface area contributed by atoms with Crippen LogP contribution in [0.25, 0.3) is 0 Å². The van der Waals surface area contributed by atoms with Crippen LogP contribution in [0.4, 0.5) is 0 Å². The highest BCUT2D eigenvalue weighted by atomic mass is 16.6. The van der Waals surface area contributed by atoms with Crippen LogP contribution in [0, 0.1) is 5.41 Å². The van der Waals surface area contributed by atoms with Crippen molar-refractivity contribution in [2.45, 2.75) is 37.9 Å². The van der Waals surface area contributed by atoms with Gasteiger partial charge in [0, 0.05) is 12.8 Å². The Morgan fingerprint density at radius 2 is 1.61 bits per heavy atom. The summed E-state index contributed by atoms with van der Waals surface area (Å²) >= 11 is 0. The van der Waals surface area contributed by atoms with Gasteiger partial charge in [0.15, 0.2) is 5.90 Å². The Morgan fingerprint density at radius 3 is 2.22 bits per heavy atom. The van der Waals surface area contributed by atoms with Gasteiger partial charge in [-0.05, 0) is 12.8 Å². The van der Waals surface area contributed by atoms with Gasteiger partial charge in [0.25, 0.3) is 0 Å². The van der Waals surface area contributed by atoms with Crippen LogP contribution in [0.2, 0.25) is 0 Å². The topological polar surface area (TPSA) is 84.4 Å². The number of rotatable bonds is 9. The summed E-state index contributed by atoms with van der Waals surface area (Å²) in [7, 11) is 0. The summed E-state index contributed by atoms with van der Waals surface area (Å²) in [5, 5.41) is 7.53. The third-order valence-electron chi connectivity index (χ3n) is 2.71. The smallest absolute Gasteiger partial charge is 0.305 e. The highest BCUT2D eigenvalue weighted by Crippen LogP contribution is 2.11. The largest absolute Gasteiger partial charge is 0.478 e. The van der Waals surface area contributed by atoms with Gasteiger partial charge in [-0.25, -0.2) is 0 Å². The molecule has 0 aliphatic carbocycles. The van der Waals surface area contributed by atoms with E-state index in [0.29, 0.717) is 32.7 Å². The van der Waals surface area contributed by atoms with Crippen LogP contribution in [0.3, 0.4) is 0 Å². The zero-order valence-corrected chi connectivity index (χ0v) is 10.4. The maximum atomic E-state index is 11.3. The van der Waals surface area contributed by atoms with E-state index in [0.717, 1.165) is 19.4 Å². The minimum atomic E-state index is -0.190. The van der Waals surface area contributed by atoms with E-state index < -0.39 is 0 Å². The van der Waals surface area contributed by atoms with Crippen LogP contribution in [0.15, 0.2) is 0 Å². The number of nitrogens with one attached hydrogen (secondary N) is 1. The van der Waals surface area contributed by atoms with Gasteiger partial charge < -0.3 is 18.9 Å². The van der Waals surface area contributed by atoms with E-state index in [2.05, 4.69) is 0 Å². The van der Waals surface area contributed by atoms with Crippen LogP contribution >= 0.6 is 0 Å². The lowest BCUT2D eigenvalue weighted by molar-refractivity contribution is -0.144. The number of epoxide rings is 2. The number of carbonyl (C=O) groups excluding carboxylic acids is 1. The molecule has 0 aromatic heterocycles. The molecule has 6 heteroatoms. The lowest BCUT2D eigenvalue weighted by Gasteiger charge is -2.05. The quantitative estimate of drug-likeness (QED) is 0.218. The van der Waals surface area contributed by atoms with Crippen LogP contribution in [-0.2, 0) is 23.7 Å². The van der Waals surface area contributed by atoms with Gasteiger partial charge in [0.2, 0.25) is 0 Å². The summed E-state index contributed by atoms with van der Waals surface area (Å²) in [6.45, 7) is 2.29. The van der Waals surface area contributed by atoms with Gasteiger partial charge in [-0.1, -0.05) is 0 Å². The molecule has 0 saturated carbocycles. The van der Waals surface area contributed by atoms with E-state index in [-0.39, 0.29) is 24.1 Å². The lowest BCUT2D eigenvalue weighted by Crippen LogP contribution is -2.10. The Hall–Kier alpha value is -1.14. The predicted octanol–water partition coefficient (Wildman–Crippen LogP) is 0.881. The Labute approximate surface area is 106 Å². The fourth-order valence-corrected chi connectivity index (χ4v) is 1.41. The molecule has 0 radical (unpaired) electrons. The van der Waals surface area contributed by atoms with Gasteiger partial charge in [-0.15, -0.1) is 0 Å². The Kier molecular flexibility index (Phi) is 4.95. The van der Waals surface area contributed by atoms with Gasteiger partial charge in [0.05, 0.1) is 13.2 Å².